The first-order valence-electron chi connectivity index (χ1n) is 5.69. The maximum Gasteiger partial charge on any atom is 0.252 e. The van der Waals surface area contributed by atoms with Gasteiger partial charge >= 0.3 is 0 Å². The second-order valence-corrected chi connectivity index (χ2v) is 6.18. The van der Waals surface area contributed by atoms with E-state index in [1.165, 1.54) is 31.1 Å². The minimum atomic E-state index is -3.71. The maximum absolute atomic E-state index is 11.9. The summed E-state index contributed by atoms with van der Waals surface area (Å²) in [6.45, 7) is 1.50. The summed E-state index contributed by atoms with van der Waals surface area (Å²) in [7, 11) is -0.740. The summed E-state index contributed by atoms with van der Waals surface area (Å²) < 4.78 is 26.0. The van der Waals surface area contributed by atoms with Crippen LogP contribution in [0.5, 0.6) is 0 Å². The molecule has 1 unspecified atom stereocenters. The Morgan fingerprint density at radius 3 is 2.32 bits per heavy atom. The fourth-order valence-electron chi connectivity index (χ4n) is 1.37. The van der Waals surface area contributed by atoms with Gasteiger partial charge in [-0.1, -0.05) is 17.7 Å². The zero-order valence-electron chi connectivity index (χ0n) is 11.1. The van der Waals surface area contributed by atoms with Crippen molar-refractivity contribution in [2.24, 2.45) is 0 Å². The fourth-order valence-corrected chi connectivity index (χ4v) is 2.41. The number of sulfonamides is 1. The number of aryl methyl sites for hydroxylation is 1. The smallest absolute Gasteiger partial charge is 0.252 e. The highest BCUT2D eigenvalue weighted by Crippen LogP contribution is 2.09. The fraction of sp³-hybridized carbons (Fsp3) is 0.417. The van der Waals surface area contributed by atoms with Gasteiger partial charge in [0.2, 0.25) is 10.0 Å². The van der Waals surface area contributed by atoms with Crippen LogP contribution in [0.25, 0.3) is 0 Å². The van der Waals surface area contributed by atoms with E-state index in [1.807, 2.05) is 6.92 Å². The van der Waals surface area contributed by atoms with E-state index < -0.39 is 22.0 Å². The van der Waals surface area contributed by atoms with E-state index in [1.54, 1.807) is 12.1 Å². The monoisotopic (exact) mass is 286 g/mol. The van der Waals surface area contributed by atoms with Crippen LogP contribution in [0.3, 0.4) is 0 Å². The molecule has 0 saturated carbocycles. The molecule has 1 amide bonds. The second kappa shape index (κ2) is 6.14. The summed E-state index contributed by atoms with van der Waals surface area (Å²) >= 11 is 0. The minimum Gasteiger partial charge on any atom is -0.382 e. The van der Waals surface area contributed by atoms with E-state index in [0.29, 0.717) is 0 Å². The molecular formula is C12H18N2O4S. The van der Waals surface area contributed by atoms with E-state index >= 15 is 0 Å². The lowest BCUT2D eigenvalue weighted by atomic mass is 10.2. The largest absolute Gasteiger partial charge is 0.382 e. The average molecular weight is 286 g/mol. The van der Waals surface area contributed by atoms with Gasteiger partial charge in [0, 0.05) is 20.6 Å². The van der Waals surface area contributed by atoms with Crippen LogP contribution < -0.4 is 4.72 Å². The van der Waals surface area contributed by atoms with Gasteiger partial charge < -0.3 is 10.0 Å². The van der Waals surface area contributed by atoms with Crippen molar-refractivity contribution in [1.29, 1.82) is 0 Å². The van der Waals surface area contributed by atoms with E-state index in [9.17, 15) is 18.3 Å². The first kappa shape index (κ1) is 15.6. The Kier molecular flexibility index (Phi) is 5.04. The third-order valence-electron chi connectivity index (χ3n) is 2.52. The lowest BCUT2D eigenvalue weighted by Gasteiger charge is -2.16. The molecule has 1 aromatic rings. The van der Waals surface area contributed by atoms with Gasteiger partial charge in [0.05, 0.1) is 4.90 Å². The minimum absolute atomic E-state index is 0.0996. The van der Waals surface area contributed by atoms with Crippen LogP contribution in [0, 0.1) is 6.92 Å². The molecule has 6 nitrogen and oxygen atoms in total. The quantitative estimate of drug-likeness (QED) is 0.779. The van der Waals surface area contributed by atoms with Crippen LogP contribution in [-0.4, -0.2) is 51.1 Å². The molecular weight excluding hydrogens is 268 g/mol. The summed E-state index contributed by atoms with van der Waals surface area (Å²) in [5.41, 5.74) is 0.946. The zero-order chi connectivity index (χ0) is 14.6. The van der Waals surface area contributed by atoms with Crippen LogP contribution in [0.1, 0.15) is 5.56 Å². The third-order valence-corrected chi connectivity index (χ3v) is 3.96. The molecule has 1 aromatic carbocycles. The Morgan fingerprint density at radius 2 is 1.84 bits per heavy atom. The first-order valence-corrected chi connectivity index (χ1v) is 7.18. The molecule has 0 spiro atoms. The van der Waals surface area contributed by atoms with E-state index in [4.69, 9.17) is 0 Å². The SMILES string of the molecule is Cc1ccc(S(=O)(=O)NCC(O)C(=O)N(C)C)cc1. The number of aliphatic hydroxyl groups excluding tert-OH is 1. The summed E-state index contributed by atoms with van der Waals surface area (Å²) in [6, 6.07) is 6.29. The van der Waals surface area contributed by atoms with Gasteiger partial charge in [-0.25, -0.2) is 13.1 Å². The third kappa shape index (κ3) is 4.30. The highest BCUT2D eigenvalue weighted by Gasteiger charge is 2.21. The van der Waals surface area contributed by atoms with Crippen molar-refractivity contribution < 1.29 is 18.3 Å². The molecule has 0 radical (unpaired) electrons. The standard InChI is InChI=1S/C12H18N2O4S/c1-9-4-6-10(7-5-9)19(17,18)13-8-11(15)12(16)14(2)3/h4-7,11,13,15H,8H2,1-3H3. The van der Waals surface area contributed by atoms with Crippen molar-refractivity contribution in [1.82, 2.24) is 9.62 Å². The lowest BCUT2D eigenvalue weighted by Crippen LogP contribution is -2.42. The molecule has 19 heavy (non-hydrogen) atoms. The van der Waals surface area contributed by atoms with Crippen molar-refractivity contribution in [2.75, 3.05) is 20.6 Å². The predicted octanol–water partition coefficient (Wildman–Crippen LogP) is -0.278. The Morgan fingerprint density at radius 1 is 1.32 bits per heavy atom. The zero-order valence-corrected chi connectivity index (χ0v) is 11.9. The lowest BCUT2D eigenvalue weighted by molar-refractivity contribution is -0.137. The number of carbonyl (C=O) groups is 1. The summed E-state index contributed by atoms with van der Waals surface area (Å²) in [4.78, 5) is 12.7. The summed E-state index contributed by atoms with van der Waals surface area (Å²) in [6.07, 6.45) is -1.39. The van der Waals surface area contributed by atoms with Crippen LogP contribution >= 0.6 is 0 Å². The van der Waals surface area contributed by atoms with Crippen molar-refractivity contribution in [2.45, 2.75) is 17.9 Å². The maximum atomic E-state index is 11.9. The number of amides is 1. The molecule has 106 valence electrons. The molecule has 0 fully saturated rings. The van der Waals surface area contributed by atoms with Crippen LogP contribution in [0.15, 0.2) is 29.2 Å². The Labute approximate surface area is 113 Å². The van der Waals surface area contributed by atoms with Crippen molar-refractivity contribution in [3.8, 4) is 0 Å². The van der Waals surface area contributed by atoms with Crippen LogP contribution in [0.2, 0.25) is 0 Å². The van der Waals surface area contributed by atoms with Crippen molar-refractivity contribution in [3.05, 3.63) is 29.8 Å². The number of rotatable bonds is 5. The topological polar surface area (TPSA) is 86.7 Å². The van der Waals surface area contributed by atoms with Crippen molar-refractivity contribution >= 4 is 15.9 Å². The normalized spacial score (nSPS) is 13.1. The van der Waals surface area contributed by atoms with Gasteiger partial charge in [0.25, 0.3) is 5.91 Å². The highest BCUT2D eigenvalue weighted by atomic mass is 32.2. The molecule has 0 heterocycles. The van der Waals surface area contributed by atoms with E-state index in [2.05, 4.69) is 4.72 Å². The number of nitrogens with zero attached hydrogens (tertiary/aromatic N) is 1. The van der Waals surface area contributed by atoms with E-state index in [0.717, 1.165) is 5.56 Å². The molecule has 0 aliphatic heterocycles. The van der Waals surface area contributed by atoms with Gasteiger partial charge in [0.15, 0.2) is 0 Å². The average Bonchev–Trinajstić information content (AvgIpc) is 2.35. The molecule has 1 atom stereocenters. The molecule has 0 aromatic heterocycles. The number of benzene rings is 1. The summed E-state index contributed by atoms with van der Waals surface area (Å²) in [5, 5.41) is 9.52. The van der Waals surface area contributed by atoms with Gasteiger partial charge in [0.1, 0.15) is 6.10 Å². The van der Waals surface area contributed by atoms with Crippen molar-refractivity contribution in [3.63, 3.8) is 0 Å². The van der Waals surface area contributed by atoms with E-state index in [-0.39, 0.29) is 11.4 Å². The number of nitrogens with one attached hydrogen (secondary N) is 1. The Bertz CT molecular complexity index is 537. The molecule has 0 aliphatic rings. The Hall–Kier alpha value is -1.44. The number of aliphatic hydroxyl groups is 1. The summed E-state index contributed by atoms with van der Waals surface area (Å²) in [5.74, 6) is -0.549. The van der Waals surface area contributed by atoms with Gasteiger partial charge in [-0.05, 0) is 19.1 Å². The van der Waals surface area contributed by atoms with Crippen LogP contribution in [0.4, 0.5) is 0 Å². The van der Waals surface area contributed by atoms with Gasteiger partial charge in [-0.2, -0.15) is 0 Å². The number of likely N-dealkylation sites (N-methyl/N-ethyl adjacent to an activating group) is 1. The van der Waals surface area contributed by atoms with Gasteiger partial charge in [-0.15, -0.1) is 0 Å². The highest BCUT2D eigenvalue weighted by molar-refractivity contribution is 7.89. The second-order valence-electron chi connectivity index (χ2n) is 4.41. The molecule has 1 rings (SSSR count). The number of carbonyl (C=O) groups excluding carboxylic acids is 1. The molecule has 2 N–H and O–H groups in total. The first-order chi connectivity index (χ1) is 8.74. The molecule has 7 heteroatoms. The molecule has 0 bridgehead atoms. The number of hydrogen-bond acceptors (Lipinski definition) is 4. The van der Waals surface area contributed by atoms with Gasteiger partial charge in [-0.3, -0.25) is 4.79 Å². The molecule has 0 saturated heterocycles. The number of hydrogen-bond donors (Lipinski definition) is 2. The molecule has 0 aliphatic carbocycles. The predicted molar refractivity (Wildman–Crippen MR) is 71.1 cm³/mol. The van der Waals surface area contributed by atoms with Crippen LogP contribution in [-0.2, 0) is 14.8 Å². The Balaban J connectivity index is 2.71.